The van der Waals surface area contributed by atoms with Gasteiger partial charge in [-0.05, 0) is 18.6 Å². The van der Waals surface area contributed by atoms with Crippen molar-refractivity contribution in [1.82, 2.24) is 6.15 Å². The lowest BCUT2D eigenvalue weighted by Gasteiger charge is -2.08. The smallest absolute Gasteiger partial charge is 0.308 e. The molecule has 0 bridgehead atoms. The first-order chi connectivity index (χ1) is 14.2. The molecule has 0 radical (unpaired) electrons. The van der Waals surface area contributed by atoms with Gasteiger partial charge in [0.1, 0.15) is 11.5 Å². The summed E-state index contributed by atoms with van der Waals surface area (Å²) in [5.74, 6) is 1.01. The van der Waals surface area contributed by atoms with E-state index in [-0.39, 0.29) is 12.1 Å². The van der Waals surface area contributed by atoms with Crippen molar-refractivity contribution in [2.45, 2.75) is 117 Å². The average Bonchev–Trinajstić information content (AvgIpc) is 2.70. The topological polar surface area (TPSA) is 70.5 Å². The van der Waals surface area contributed by atoms with E-state index in [0.29, 0.717) is 5.75 Å². The second-order valence-corrected chi connectivity index (χ2v) is 8.22. The maximum atomic E-state index is 11.0. The Kier molecular flexibility index (Phi) is 19.6. The van der Waals surface area contributed by atoms with Gasteiger partial charge in [0.15, 0.2) is 0 Å². The number of rotatable bonds is 19. The molecule has 1 rings (SSSR count). The first-order valence-corrected chi connectivity index (χ1v) is 12.1. The molecule has 0 spiro atoms. The quantitative estimate of drug-likeness (QED) is 0.138. The SMILES string of the molecule is CCCCCCCCCCCCCCCCCCOc1cccc(OC(C)=O)c1.N. The van der Waals surface area contributed by atoms with Crippen molar-refractivity contribution in [1.29, 1.82) is 0 Å². The fourth-order valence-electron chi connectivity index (χ4n) is 3.63. The first kappa shape index (κ1) is 28.5. The standard InChI is InChI=1S/C26H44O3.H3N/c1-3-4-5-6-7-8-9-10-11-12-13-14-15-16-17-18-22-28-25-20-19-21-26(23-25)29-24(2)27;/h19-21,23H,3-18,22H2,1-2H3;1H3. The summed E-state index contributed by atoms with van der Waals surface area (Å²) in [5, 5.41) is 0. The summed E-state index contributed by atoms with van der Waals surface area (Å²) in [6.45, 7) is 4.41. The summed E-state index contributed by atoms with van der Waals surface area (Å²) in [6.07, 6.45) is 22.0. The number of hydrogen-bond donors (Lipinski definition) is 1. The predicted molar refractivity (Wildman–Crippen MR) is 128 cm³/mol. The van der Waals surface area contributed by atoms with E-state index < -0.39 is 0 Å². The van der Waals surface area contributed by atoms with Crippen molar-refractivity contribution in [2.24, 2.45) is 0 Å². The summed E-state index contributed by atoms with van der Waals surface area (Å²) in [4.78, 5) is 11.0. The number of unbranched alkanes of at least 4 members (excludes halogenated alkanes) is 15. The van der Waals surface area contributed by atoms with Gasteiger partial charge in [0, 0.05) is 13.0 Å². The molecule has 4 nitrogen and oxygen atoms in total. The maximum absolute atomic E-state index is 11.0. The number of ether oxygens (including phenoxy) is 2. The van der Waals surface area contributed by atoms with Crippen LogP contribution in [-0.2, 0) is 4.79 Å². The van der Waals surface area contributed by atoms with E-state index in [1.165, 1.54) is 103 Å². The molecule has 0 aliphatic heterocycles. The van der Waals surface area contributed by atoms with Gasteiger partial charge in [-0.1, -0.05) is 109 Å². The Morgan fingerprint density at radius 2 is 1.13 bits per heavy atom. The van der Waals surface area contributed by atoms with Gasteiger partial charge in [0.25, 0.3) is 0 Å². The van der Waals surface area contributed by atoms with E-state index in [0.717, 1.165) is 18.8 Å². The Labute approximate surface area is 185 Å². The Morgan fingerprint density at radius 3 is 1.60 bits per heavy atom. The lowest BCUT2D eigenvalue weighted by molar-refractivity contribution is -0.131. The highest BCUT2D eigenvalue weighted by Crippen LogP contribution is 2.20. The van der Waals surface area contributed by atoms with Crippen LogP contribution in [0.3, 0.4) is 0 Å². The highest BCUT2D eigenvalue weighted by molar-refractivity contribution is 5.69. The molecule has 4 heteroatoms. The van der Waals surface area contributed by atoms with Crippen LogP contribution in [-0.4, -0.2) is 12.6 Å². The van der Waals surface area contributed by atoms with Gasteiger partial charge in [-0.15, -0.1) is 0 Å². The molecule has 0 amide bonds. The second kappa shape index (κ2) is 20.7. The molecule has 0 atom stereocenters. The Hall–Kier alpha value is -1.55. The monoisotopic (exact) mass is 421 g/mol. The Balaban J connectivity index is 0.00000841. The summed E-state index contributed by atoms with van der Waals surface area (Å²) in [6, 6.07) is 7.29. The molecule has 174 valence electrons. The molecule has 0 fully saturated rings. The van der Waals surface area contributed by atoms with E-state index >= 15 is 0 Å². The molecule has 0 aliphatic rings. The third kappa shape index (κ3) is 17.3. The fraction of sp³-hybridized carbons (Fsp3) is 0.731. The lowest BCUT2D eigenvalue weighted by atomic mass is 10.0. The van der Waals surface area contributed by atoms with Crippen LogP contribution in [0.1, 0.15) is 117 Å². The van der Waals surface area contributed by atoms with Gasteiger partial charge in [-0.2, -0.15) is 0 Å². The zero-order valence-corrected chi connectivity index (χ0v) is 19.8. The maximum Gasteiger partial charge on any atom is 0.308 e. The van der Waals surface area contributed by atoms with E-state index in [9.17, 15) is 4.79 Å². The minimum Gasteiger partial charge on any atom is -0.493 e. The molecule has 0 heterocycles. The van der Waals surface area contributed by atoms with Crippen LogP contribution in [0, 0.1) is 0 Å². The fourth-order valence-corrected chi connectivity index (χ4v) is 3.63. The van der Waals surface area contributed by atoms with Crippen LogP contribution in [0.15, 0.2) is 24.3 Å². The van der Waals surface area contributed by atoms with Crippen molar-refractivity contribution in [3.8, 4) is 11.5 Å². The van der Waals surface area contributed by atoms with Crippen molar-refractivity contribution in [3.05, 3.63) is 24.3 Å². The molecule has 1 aromatic carbocycles. The number of hydrogen-bond acceptors (Lipinski definition) is 4. The molecular formula is C26H47NO3. The van der Waals surface area contributed by atoms with Gasteiger partial charge >= 0.3 is 5.97 Å². The van der Waals surface area contributed by atoms with E-state index in [1.54, 1.807) is 12.1 Å². The number of esters is 1. The van der Waals surface area contributed by atoms with Gasteiger partial charge in [0.2, 0.25) is 0 Å². The van der Waals surface area contributed by atoms with Crippen molar-refractivity contribution in [2.75, 3.05) is 6.61 Å². The number of carbonyl (C=O) groups is 1. The average molecular weight is 422 g/mol. The second-order valence-electron chi connectivity index (χ2n) is 8.22. The third-order valence-electron chi connectivity index (χ3n) is 5.33. The third-order valence-corrected chi connectivity index (χ3v) is 5.33. The molecule has 30 heavy (non-hydrogen) atoms. The van der Waals surface area contributed by atoms with Gasteiger partial charge < -0.3 is 15.6 Å². The lowest BCUT2D eigenvalue weighted by Crippen LogP contribution is -2.02. The van der Waals surface area contributed by atoms with Gasteiger partial charge in [-0.3, -0.25) is 4.79 Å². The molecule has 0 saturated carbocycles. The van der Waals surface area contributed by atoms with Crippen molar-refractivity contribution in [3.63, 3.8) is 0 Å². The normalized spacial score (nSPS) is 10.5. The van der Waals surface area contributed by atoms with Crippen LogP contribution in [0.5, 0.6) is 11.5 Å². The largest absolute Gasteiger partial charge is 0.493 e. The van der Waals surface area contributed by atoms with E-state index in [4.69, 9.17) is 9.47 Å². The van der Waals surface area contributed by atoms with Crippen LogP contribution in [0.25, 0.3) is 0 Å². The predicted octanol–water partition coefficient (Wildman–Crippen LogP) is 8.41. The molecule has 3 N–H and O–H groups in total. The summed E-state index contributed by atoms with van der Waals surface area (Å²) < 4.78 is 10.8. The molecule has 0 aliphatic carbocycles. The minimum absolute atomic E-state index is 0. The van der Waals surface area contributed by atoms with Crippen LogP contribution in [0.2, 0.25) is 0 Å². The molecular weight excluding hydrogens is 374 g/mol. The van der Waals surface area contributed by atoms with Crippen molar-refractivity contribution >= 4 is 5.97 Å². The Bertz CT molecular complexity index is 519. The van der Waals surface area contributed by atoms with Gasteiger partial charge in [0.05, 0.1) is 6.61 Å². The molecule has 0 aromatic heterocycles. The highest BCUT2D eigenvalue weighted by Gasteiger charge is 2.01. The summed E-state index contributed by atoms with van der Waals surface area (Å²) >= 11 is 0. The van der Waals surface area contributed by atoms with Crippen LogP contribution >= 0.6 is 0 Å². The Morgan fingerprint density at radius 1 is 0.700 bits per heavy atom. The van der Waals surface area contributed by atoms with E-state index in [1.807, 2.05) is 12.1 Å². The number of carbonyl (C=O) groups excluding carboxylic acids is 1. The van der Waals surface area contributed by atoms with Crippen LogP contribution < -0.4 is 15.6 Å². The number of benzene rings is 1. The first-order valence-electron chi connectivity index (χ1n) is 12.1. The molecule has 1 aromatic rings. The summed E-state index contributed by atoms with van der Waals surface area (Å²) in [7, 11) is 0. The zero-order chi connectivity index (χ0) is 21.0. The van der Waals surface area contributed by atoms with Crippen LogP contribution in [0.4, 0.5) is 0 Å². The summed E-state index contributed by atoms with van der Waals surface area (Å²) in [5.41, 5.74) is 0. The molecule has 0 saturated heterocycles. The van der Waals surface area contributed by atoms with Crippen molar-refractivity contribution < 1.29 is 14.3 Å². The zero-order valence-electron chi connectivity index (χ0n) is 19.8. The minimum atomic E-state index is -0.306. The van der Waals surface area contributed by atoms with Gasteiger partial charge in [-0.25, -0.2) is 0 Å². The highest BCUT2D eigenvalue weighted by atomic mass is 16.5. The van der Waals surface area contributed by atoms with E-state index in [2.05, 4.69) is 6.92 Å². The molecule has 0 unspecified atom stereocenters.